The zero-order valence-electron chi connectivity index (χ0n) is 13.6. The highest BCUT2D eigenvalue weighted by molar-refractivity contribution is 6.31. The molecule has 0 radical (unpaired) electrons. The maximum Gasteiger partial charge on any atom is 0.417 e. The van der Waals surface area contributed by atoms with Crippen LogP contribution < -0.4 is 21.7 Å². The van der Waals surface area contributed by atoms with E-state index >= 15 is 0 Å². The van der Waals surface area contributed by atoms with Gasteiger partial charge in [-0.25, -0.2) is 9.78 Å². The van der Waals surface area contributed by atoms with Gasteiger partial charge in [0.25, 0.3) is 0 Å². The Morgan fingerprint density at radius 1 is 1.23 bits per heavy atom. The molecule has 1 aromatic carbocycles. The van der Waals surface area contributed by atoms with E-state index in [1.54, 1.807) is 13.0 Å². The number of carbonyl (C=O) groups is 1. The second-order valence-electron chi connectivity index (χ2n) is 5.21. The third-order valence-electron chi connectivity index (χ3n) is 3.06. The van der Waals surface area contributed by atoms with Crippen LogP contribution in [0.3, 0.4) is 0 Å². The molecule has 0 aliphatic carbocycles. The van der Waals surface area contributed by atoms with E-state index in [-0.39, 0.29) is 11.6 Å². The van der Waals surface area contributed by atoms with Crippen molar-refractivity contribution in [3.8, 4) is 0 Å². The molecule has 2 aromatic rings. The summed E-state index contributed by atoms with van der Waals surface area (Å²) in [5.41, 5.74) is 4.86. The van der Waals surface area contributed by atoms with Gasteiger partial charge in [-0.2, -0.15) is 18.2 Å². The van der Waals surface area contributed by atoms with Gasteiger partial charge in [-0.15, -0.1) is 0 Å². The lowest BCUT2D eigenvalue weighted by atomic mass is 10.2. The number of rotatable bonds is 5. The fourth-order valence-corrected chi connectivity index (χ4v) is 2.22. The number of aryl methyl sites for hydroxylation is 1. The van der Waals surface area contributed by atoms with Crippen molar-refractivity contribution in [3.05, 3.63) is 40.5 Å². The first-order valence-corrected chi connectivity index (χ1v) is 7.81. The Morgan fingerprint density at radius 3 is 2.62 bits per heavy atom. The molecule has 0 unspecified atom stereocenters. The van der Waals surface area contributed by atoms with Crippen LogP contribution in [0.1, 0.15) is 11.3 Å². The quantitative estimate of drug-likeness (QED) is 0.627. The molecule has 1 aromatic heterocycles. The number of amides is 2. The number of anilines is 3. The molecule has 0 atom stereocenters. The van der Waals surface area contributed by atoms with E-state index < -0.39 is 22.8 Å². The molecule has 11 heteroatoms. The minimum atomic E-state index is -4.63. The molecule has 5 N–H and O–H groups in total. The predicted octanol–water partition coefficient (Wildman–Crippen LogP) is 3.47. The molecule has 0 aliphatic heterocycles. The molecule has 0 saturated carbocycles. The largest absolute Gasteiger partial charge is 0.417 e. The molecular weight excluding hydrogens is 373 g/mol. The number of benzene rings is 1. The zero-order valence-corrected chi connectivity index (χ0v) is 14.4. The lowest BCUT2D eigenvalue weighted by molar-refractivity contribution is -0.137. The fraction of sp³-hybridized carbons (Fsp3) is 0.267. The third-order valence-corrected chi connectivity index (χ3v) is 3.39. The molecule has 140 valence electrons. The van der Waals surface area contributed by atoms with Crippen molar-refractivity contribution >= 4 is 35.1 Å². The first-order valence-electron chi connectivity index (χ1n) is 7.43. The number of urea groups is 1. The minimum Gasteiger partial charge on any atom is -0.369 e. The van der Waals surface area contributed by atoms with Crippen LogP contribution in [0.4, 0.5) is 35.4 Å². The second kappa shape index (κ2) is 8.19. The number of nitrogens with zero attached hydrogens (tertiary/aromatic N) is 2. The smallest absolute Gasteiger partial charge is 0.369 e. The molecule has 2 amide bonds. The number of hydrogen-bond acceptors (Lipinski definition) is 5. The molecule has 1 heterocycles. The van der Waals surface area contributed by atoms with Gasteiger partial charge in [0.1, 0.15) is 5.82 Å². The molecule has 0 spiro atoms. The zero-order chi connectivity index (χ0) is 19.3. The van der Waals surface area contributed by atoms with Gasteiger partial charge in [0.05, 0.1) is 10.6 Å². The molecule has 26 heavy (non-hydrogen) atoms. The lowest BCUT2D eigenvalue weighted by Crippen LogP contribution is -2.22. The Balaban J connectivity index is 2.11. The molecule has 0 bridgehead atoms. The van der Waals surface area contributed by atoms with Gasteiger partial charge < -0.3 is 16.4 Å². The molecule has 7 nitrogen and oxygen atoms in total. The monoisotopic (exact) mass is 388 g/mol. The van der Waals surface area contributed by atoms with E-state index in [2.05, 4.69) is 25.9 Å². The minimum absolute atomic E-state index is 0.00738. The summed E-state index contributed by atoms with van der Waals surface area (Å²) < 4.78 is 38.6. The Bertz CT molecular complexity index is 799. The van der Waals surface area contributed by atoms with Crippen LogP contribution in [0, 0.1) is 6.92 Å². The summed E-state index contributed by atoms with van der Waals surface area (Å²) in [6, 6.07) is 3.91. The van der Waals surface area contributed by atoms with Gasteiger partial charge in [0, 0.05) is 30.5 Å². The van der Waals surface area contributed by atoms with Crippen molar-refractivity contribution in [1.82, 2.24) is 9.97 Å². The fourth-order valence-electron chi connectivity index (χ4n) is 2.00. The SMILES string of the molecule is Cc1cc(NCCN)nc(NC(=O)Nc2ccc(Cl)c(C(F)(F)F)c2)n1. The molecule has 2 rings (SSSR count). The van der Waals surface area contributed by atoms with E-state index in [0.29, 0.717) is 24.6 Å². The van der Waals surface area contributed by atoms with E-state index in [1.807, 2.05) is 0 Å². The molecule has 0 fully saturated rings. The first kappa shape index (κ1) is 19.7. The van der Waals surface area contributed by atoms with Crippen LogP contribution in [0.25, 0.3) is 0 Å². The number of carbonyl (C=O) groups excluding carboxylic acids is 1. The van der Waals surface area contributed by atoms with Crippen molar-refractivity contribution in [2.75, 3.05) is 29.0 Å². The van der Waals surface area contributed by atoms with E-state index in [1.165, 1.54) is 6.07 Å². The third kappa shape index (κ3) is 5.46. The van der Waals surface area contributed by atoms with Crippen LogP contribution in [0.15, 0.2) is 24.3 Å². The summed E-state index contributed by atoms with van der Waals surface area (Å²) >= 11 is 5.54. The Hall–Kier alpha value is -2.59. The number of halogens is 4. The average Bonchev–Trinajstić information content (AvgIpc) is 2.53. The first-order chi connectivity index (χ1) is 12.2. The topological polar surface area (TPSA) is 105 Å². The van der Waals surface area contributed by atoms with Gasteiger partial charge in [-0.05, 0) is 25.1 Å². The number of hydrogen-bond donors (Lipinski definition) is 4. The van der Waals surface area contributed by atoms with E-state index in [4.69, 9.17) is 17.3 Å². The predicted molar refractivity (Wildman–Crippen MR) is 93.4 cm³/mol. The van der Waals surface area contributed by atoms with E-state index in [0.717, 1.165) is 12.1 Å². The van der Waals surface area contributed by atoms with E-state index in [9.17, 15) is 18.0 Å². The maximum absolute atomic E-state index is 12.9. The van der Waals surface area contributed by atoms with Crippen LogP contribution >= 0.6 is 11.6 Å². The summed E-state index contributed by atoms with van der Waals surface area (Å²) in [4.78, 5) is 20.1. The van der Waals surface area contributed by atoms with Gasteiger partial charge in [0.2, 0.25) is 5.95 Å². The summed E-state index contributed by atoms with van der Waals surface area (Å²) in [6.45, 7) is 2.57. The van der Waals surface area contributed by atoms with Crippen LogP contribution in [-0.2, 0) is 6.18 Å². The summed E-state index contributed by atoms with van der Waals surface area (Å²) in [5, 5.41) is 7.13. The summed E-state index contributed by atoms with van der Waals surface area (Å²) in [6.07, 6.45) is -4.63. The molecule has 0 aliphatic rings. The maximum atomic E-state index is 12.9. The van der Waals surface area contributed by atoms with Crippen LogP contribution in [0.2, 0.25) is 5.02 Å². The van der Waals surface area contributed by atoms with Crippen molar-refractivity contribution in [1.29, 1.82) is 0 Å². The van der Waals surface area contributed by atoms with Crippen molar-refractivity contribution in [2.24, 2.45) is 5.73 Å². The van der Waals surface area contributed by atoms with Crippen molar-refractivity contribution in [2.45, 2.75) is 13.1 Å². The number of nitrogens with two attached hydrogens (primary N) is 1. The lowest BCUT2D eigenvalue weighted by Gasteiger charge is -2.12. The Labute approximate surface area is 152 Å². The standard InChI is InChI=1S/C15H16ClF3N6O/c1-8-6-12(21-5-4-20)24-13(22-8)25-14(26)23-9-2-3-11(16)10(7-9)15(17,18)19/h2-3,6-7H,4-5,20H2,1H3,(H3,21,22,23,24,25,26). The molecule has 0 saturated heterocycles. The Morgan fingerprint density at radius 2 is 1.96 bits per heavy atom. The number of aromatic nitrogens is 2. The van der Waals surface area contributed by atoms with Gasteiger partial charge in [-0.3, -0.25) is 5.32 Å². The molecular formula is C15H16ClF3N6O. The average molecular weight is 389 g/mol. The highest BCUT2D eigenvalue weighted by Gasteiger charge is 2.33. The van der Waals surface area contributed by atoms with Crippen molar-refractivity contribution < 1.29 is 18.0 Å². The van der Waals surface area contributed by atoms with Gasteiger partial charge in [-0.1, -0.05) is 11.6 Å². The highest BCUT2D eigenvalue weighted by Crippen LogP contribution is 2.36. The number of nitrogens with one attached hydrogen (secondary N) is 3. The normalized spacial score (nSPS) is 11.2. The van der Waals surface area contributed by atoms with Crippen LogP contribution in [-0.4, -0.2) is 29.1 Å². The number of alkyl halides is 3. The highest BCUT2D eigenvalue weighted by atomic mass is 35.5. The Kier molecular flexibility index (Phi) is 6.22. The second-order valence-corrected chi connectivity index (χ2v) is 5.61. The van der Waals surface area contributed by atoms with Crippen molar-refractivity contribution in [3.63, 3.8) is 0 Å². The van der Waals surface area contributed by atoms with Gasteiger partial charge >= 0.3 is 12.2 Å². The van der Waals surface area contributed by atoms with Crippen LogP contribution in [0.5, 0.6) is 0 Å². The summed E-state index contributed by atoms with van der Waals surface area (Å²) in [7, 11) is 0. The summed E-state index contributed by atoms with van der Waals surface area (Å²) in [5.74, 6) is 0.455. The van der Waals surface area contributed by atoms with Gasteiger partial charge in [0.15, 0.2) is 0 Å².